The number of piperidine rings is 1. The lowest BCUT2D eigenvalue weighted by atomic mass is 9.79. The van der Waals surface area contributed by atoms with Crippen molar-refractivity contribution in [2.75, 3.05) is 6.54 Å². The van der Waals surface area contributed by atoms with Crippen LogP contribution in [0.2, 0.25) is 0 Å². The Bertz CT molecular complexity index is 352. The van der Waals surface area contributed by atoms with Crippen molar-refractivity contribution in [3.8, 4) is 0 Å². The van der Waals surface area contributed by atoms with Gasteiger partial charge in [-0.05, 0) is 66.3 Å². The number of hydrogen-bond donors (Lipinski definition) is 2. The molecule has 0 aromatic carbocycles. The topological polar surface area (TPSA) is 44.7 Å². The van der Waals surface area contributed by atoms with Gasteiger partial charge >= 0.3 is 0 Å². The molecule has 2 aliphatic rings. The fourth-order valence-electron chi connectivity index (χ4n) is 4.51. The van der Waals surface area contributed by atoms with Gasteiger partial charge in [-0.3, -0.25) is 4.84 Å². The van der Waals surface area contributed by atoms with Gasteiger partial charge in [0.1, 0.15) is 6.10 Å². The van der Waals surface area contributed by atoms with Gasteiger partial charge in [0.25, 0.3) is 0 Å². The van der Waals surface area contributed by atoms with E-state index in [1.807, 2.05) is 0 Å². The number of aliphatic hydroxyl groups excluding tert-OH is 1. The molecule has 2 atom stereocenters. The Morgan fingerprint density at radius 3 is 2.26 bits per heavy atom. The van der Waals surface area contributed by atoms with Crippen LogP contribution in [0.15, 0.2) is 0 Å². The molecule has 1 saturated carbocycles. The first-order valence-corrected chi connectivity index (χ1v) is 9.65. The number of nitrogens with one attached hydrogen (secondary N) is 1. The number of hydroxylamine groups is 2. The second-order valence-electron chi connectivity index (χ2n) is 8.83. The molecule has 1 saturated heterocycles. The van der Waals surface area contributed by atoms with Gasteiger partial charge in [0.15, 0.2) is 0 Å². The van der Waals surface area contributed by atoms with Crippen molar-refractivity contribution >= 4 is 0 Å². The highest BCUT2D eigenvalue weighted by Gasteiger charge is 2.47. The largest absolute Gasteiger partial charge is 0.390 e. The molecule has 0 aromatic heterocycles. The lowest BCUT2D eigenvalue weighted by molar-refractivity contribution is -0.322. The summed E-state index contributed by atoms with van der Waals surface area (Å²) in [6.07, 6.45) is 8.44. The van der Waals surface area contributed by atoms with Crippen molar-refractivity contribution in [1.82, 2.24) is 10.4 Å². The third kappa shape index (κ3) is 4.91. The first kappa shape index (κ1) is 19.2. The Balaban J connectivity index is 2.01. The van der Waals surface area contributed by atoms with E-state index in [9.17, 15) is 5.11 Å². The molecule has 1 aliphatic carbocycles. The zero-order valence-corrected chi connectivity index (χ0v) is 15.9. The normalized spacial score (nSPS) is 32.1. The predicted molar refractivity (Wildman–Crippen MR) is 95.3 cm³/mol. The molecule has 0 unspecified atom stereocenters. The number of hydrogen-bond acceptors (Lipinski definition) is 4. The summed E-state index contributed by atoms with van der Waals surface area (Å²) in [5.41, 5.74) is -0.0500. The van der Waals surface area contributed by atoms with Gasteiger partial charge in [0.2, 0.25) is 0 Å². The maximum Gasteiger partial charge on any atom is 0.105 e. The van der Waals surface area contributed by atoms with E-state index in [-0.39, 0.29) is 23.3 Å². The summed E-state index contributed by atoms with van der Waals surface area (Å²) < 4.78 is 0. The Kier molecular flexibility index (Phi) is 6.51. The highest BCUT2D eigenvalue weighted by molar-refractivity contribution is 4.99. The van der Waals surface area contributed by atoms with Gasteiger partial charge in [-0.25, -0.2) is 0 Å². The maximum absolute atomic E-state index is 10.3. The summed E-state index contributed by atoms with van der Waals surface area (Å²) in [6, 6.07) is 0.544. The molecular weight excluding hydrogens is 288 g/mol. The van der Waals surface area contributed by atoms with Crippen LogP contribution in [0.5, 0.6) is 0 Å². The third-order valence-corrected chi connectivity index (χ3v) is 5.46. The summed E-state index contributed by atoms with van der Waals surface area (Å²) in [5.74, 6) is 0. The zero-order valence-electron chi connectivity index (χ0n) is 15.9. The van der Waals surface area contributed by atoms with E-state index in [0.29, 0.717) is 6.04 Å². The number of unbranched alkanes of at least 4 members (excludes halogenated alkanes) is 1. The predicted octanol–water partition coefficient (Wildman–Crippen LogP) is 3.63. The highest BCUT2D eigenvalue weighted by Crippen LogP contribution is 2.40. The first-order chi connectivity index (χ1) is 10.8. The molecule has 4 nitrogen and oxygen atoms in total. The van der Waals surface area contributed by atoms with Gasteiger partial charge in [-0.1, -0.05) is 26.2 Å². The average molecular weight is 327 g/mol. The summed E-state index contributed by atoms with van der Waals surface area (Å²) in [4.78, 5) is 6.40. The minimum atomic E-state index is -0.309. The summed E-state index contributed by atoms with van der Waals surface area (Å²) in [6.45, 7) is 12.4. The van der Waals surface area contributed by atoms with Gasteiger partial charge in [-0.15, -0.1) is 0 Å². The van der Waals surface area contributed by atoms with E-state index < -0.39 is 0 Å². The molecule has 2 rings (SSSR count). The van der Waals surface area contributed by atoms with Crippen LogP contribution in [-0.2, 0) is 4.84 Å². The van der Waals surface area contributed by atoms with Gasteiger partial charge in [-0.2, -0.15) is 5.06 Å². The van der Waals surface area contributed by atoms with Crippen LogP contribution < -0.4 is 5.32 Å². The average Bonchev–Trinajstić information content (AvgIpc) is 2.44. The van der Waals surface area contributed by atoms with E-state index in [4.69, 9.17) is 4.84 Å². The fourth-order valence-corrected chi connectivity index (χ4v) is 4.51. The summed E-state index contributed by atoms with van der Waals surface area (Å²) in [5, 5.41) is 16.2. The Morgan fingerprint density at radius 1 is 1.09 bits per heavy atom. The van der Waals surface area contributed by atoms with E-state index in [2.05, 4.69) is 45.0 Å². The Labute approximate surface area is 142 Å². The van der Waals surface area contributed by atoms with Gasteiger partial charge in [0, 0.05) is 17.1 Å². The molecule has 4 heteroatoms. The SMILES string of the molecule is CCCCNC1CC(C)(C)N(O[C@@H]2CCCC[C@H]2O)C(C)(C)C1. The van der Waals surface area contributed by atoms with Crippen LogP contribution >= 0.6 is 0 Å². The van der Waals surface area contributed by atoms with Crippen LogP contribution in [0.4, 0.5) is 0 Å². The Hall–Kier alpha value is -0.160. The quantitative estimate of drug-likeness (QED) is 0.732. The molecule has 0 spiro atoms. The maximum atomic E-state index is 10.3. The van der Waals surface area contributed by atoms with Gasteiger partial charge < -0.3 is 10.4 Å². The van der Waals surface area contributed by atoms with Crippen LogP contribution in [0.25, 0.3) is 0 Å². The number of rotatable bonds is 6. The fraction of sp³-hybridized carbons (Fsp3) is 1.00. The second-order valence-corrected chi connectivity index (χ2v) is 8.83. The second kappa shape index (κ2) is 7.81. The van der Waals surface area contributed by atoms with Crippen molar-refractivity contribution in [3.05, 3.63) is 0 Å². The van der Waals surface area contributed by atoms with Crippen LogP contribution in [-0.4, -0.2) is 46.0 Å². The molecule has 0 aromatic rings. The van der Waals surface area contributed by atoms with Crippen molar-refractivity contribution in [1.29, 1.82) is 0 Å². The van der Waals surface area contributed by atoms with Crippen molar-refractivity contribution < 1.29 is 9.94 Å². The van der Waals surface area contributed by atoms with Gasteiger partial charge in [0.05, 0.1) is 6.10 Å². The summed E-state index contributed by atoms with van der Waals surface area (Å²) >= 11 is 0. The van der Waals surface area contributed by atoms with E-state index in [0.717, 1.165) is 45.1 Å². The summed E-state index contributed by atoms with van der Waals surface area (Å²) in [7, 11) is 0. The standard InChI is InChI=1S/C19H38N2O2/c1-6-7-12-20-15-13-18(2,3)21(19(4,5)14-15)23-17-11-9-8-10-16(17)22/h15-17,20,22H,6-14H2,1-5H3/t16-,17-/m1/s1. The van der Waals surface area contributed by atoms with Crippen molar-refractivity contribution in [3.63, 3.8) is 0 Å². The molecule has 2 fully saturated rings. The van der Waals surface area contributed by atoms with Crippen LogP contribution in [0.1, 0.15) is 86.0 Å². The Morgan fingerprint density at radius 2 is 1.70 bits per heavy atom. The van der Waals surface area contributed by atoms with Crippen molar-refractivity contribution in [2.24, 2.45) is 0 Å². The molecule has 0 amide bonds. The lowest BCUT2D eigenvalue weighted by Gasteiger charge is -2.55. The number of aliphatic hydroxyl groups is 1. The molecule has 1 aliphatic heterocycles. The smallest absolute Gasteiger partial charge is 0.105 e. The molecule has 0 bridgehead atoms. The van der Waals surface area contributed by atoms with E-state index >= 15 is 0 Å². The third-order valence-electron chi connectivity index (χ3n) is 5.46. The van der Waals surface area contributed by atoms with Crippen molar-refractivity contribution in [2.45, 2.75) is 115 Å². The van der Waals surface area contributed by atoms with Crippen LogP contribution in [0.3, 0.4) is 0 Å². The van der Waals surface area contributed by atoms with Crippen LogP contribution in [0, 0.1) is 0 Å². The minimum absolute atomic E-state index is 0.0250. The first-order valence-electron chi connectivity index (χ1n) is 9.65. The van der Waals surface area contributed by atoms with E-state index in [1.165, 1.54) is 12.8 Å². The zero-order chi connectivity index (χ0) is 17.1. The molecule has 136 valence electrons. The molecule has 23 heavy (non-hydrogen) atoms. The monoisotopic (exact) mass is 326 g/mol. The van der Waals surface area contributed by atoms with E-state index in [1.54, 1.807) is 0 Å². The number of nitrogens with zero attached hydrogens (tertiary/aromatic N) is 1. The highest BCUT2D eigenvalue weighted by atomic mass is 16.7. The molecular formula is C19H38N2O2. The lowest BCUT2D eigenvalue weighted by Crippen LogP contribution is -2.65. The molecule has 1 heterocycles. The molecule has 0 radical (unpaired) electrons. The minimum Gasteiger partial charge on any atom is -0.390 e. The molecule has 2 N–H and O–H groups in total.